The molecule has 1 heterocycles. The number of rotatable bonds is 22. The van der Waals surface area contributed by atoms with Crippen molar-refractivity contribution in [3.8, 4) is 61.3 Å². The Morgan fingerprint density at radius 1 is 0.402 bits per heavy atom. The van der Waals surface area contributed by atoms with Crippen LogP contribution in [0.15, 0.2) is 328 Å². The monoisotopic (exact) mass is 1250 g/mol. The normalized spacial score (nSPS) is 14.7. The maximum Gasteiger partial charge on any atom is 0.0541 e. The average Bonchev–Trinajstić information content (AvgIpc) is 1.52. The van der Waals surface area contributed by atoms with Gasteiger partial charge in [0.25, 0.3) is 0 Å². The number of para-hydroxylation sites is 3. The van der Waals surface area contributed by atoms with E-state index in [9.17, 15) is 0 Å². The predicted molar refractivity (Wildman–Crippen MR) is 411 cm³/mol. The number of hydrogen-bond acceptors (Lipinski definition) is 1. The molecule has 0 spiro atoms. The fourth-order valence-electron chi connectivity index (χ4n) is 16.4. The number of benzene rings is 13. The summed E-state index contributed by atoms with van der Waals surface area (Å²) in [5.41, 5.74) is 30.9. The van der Waals surface area contributed by atoms with E-state index in [1.54, 1.807) is 0 Å². The summed E-state index contributed by atoms with van der Waals surface area (Å²) in [4.78, 5) is 2.32. The highest BCUT2D eigenvalue weighted by molar-refractivity contribution is 6.11. The number of hydrogen-bond donors (Lipinski definition) is 0. The van der Waals surface area contributed by atoms with Crippen LogP contribution in [0.4, 0.5) is 17.1 Å². The summed E-state index contributed by atoms with van der Waals surface area (Å²) in [6.07, 6.45) is 12.0. The number of anilines is 3. The van der Waals surface area contributed by atoms with Gasteiger partial charge in [-0.05, 0) is 248 Å². The number of nitrogens with zero attached hydrogens (tertiary/aromatic N) is 2. The molecule has 0 saturated carbocycles. The van der Waals surface area contributed by atoms with Crippen LogP contribution >= 0.6 is 0 Å². The molecule has 0 N–H and O–H groups in total. The van der Waals surface area contributed by atoms with Crippen LogP contribution in [-0.4, -0.2) is 4.57 Å². The lowest BCUT2D eigenvalue weighted by molar-refractivity contribution is 0.467. The summed E-state index contributed by atoms with van der Waals surface area (Å²) >= 11 is 0. The minimum atomic E-state index is -0.216. The van der Waals surface area contributed by atoms with E-state index in [1.165, 1.54) is 135 Å². The van der Waals surface area contributed by atoms with Crippen LogP contribution in [0, 0.1) is 0 Å². The average molecular weight is 1250 g/mol. The molecule has 4 unspecified atom stereocenters. The lowest BCUT2D eigenvalue weighted by Crippen LogP contribution is -2.27. The summed E-state index contributed by atoms with van der Waals surface area (Å²) in [5, 5.41) is 2.48. The third kappa shape index (κ3) is 11.7. The van der Waals surface area contributed by atoms with Crippen molar-refractivity contribution in [2.75, 3.05) is 4.90 Å². The van der Waals surface area contributed by atoms with Crippen LogP contribution in [0.25, 0.3) is 83.1 Å². The molecule has 2 heteroatoms. The Labute approximate surface area is 573 Å². The van der Waals surface area contributed by atoms with Gasteiger partial charge >= 0.3 is 0 Å². The molecular formula is C95H82N2. The van der Waals surface area contributed by atoms with E-state index < -0.39 is 0 Å². The van der Waals surface area contributed by atoms with Crippen molar-refractivity contribution in [3.05, 3.63) is 373 Å². The molecule has 16 rings (SSSR count). The van der Waals surface area contributed by atoms with E-state index in [0.29, 0.717) is 17.8 Å². The van der Waals surface area contributed by atoms with E-state index in [-0.39, 0.29) is 5.41 Å². The lowest BCUT2D eigenvalue weighted by atomic mass is 9.69. The quantitative estimate of drug-likeness (QED) is 0.0485. The van der Waals surface area contributed by atoms with E-state index in [1.807, 2.05) is 0 Å². The highest BCUT2D eigenvalue weighted by Crippen LogP contribution is 2.56. The smallest absolute Gasteiger partial charge is 0.0541 e. The van der Waals surface area contributed by atoms with Crippen molar-refractivity contribution in [1.82, 2.24) is 4.57 Å². The molecule has 13 aromatic carbocycles. The largest absolute Gasteiger partial charge is 0.311 e. The Hall–Kier alpha value is -10.8. The first kappa shape index (κ1) is 61.1. The van der Waals surface area contributed by atoms with E-state index >= 15 is 0 Å². The molecule has 2 aliphatic carbocycles. The van der Waals surface area contributed by atoms with Gasteiger partial charge in [0.05, 0.1) is 11.0 Å². The Balaban J connectivity index is 0.686. The van der Waals surface area contributed by atoms with Crippen molar-refractivity contribution in [1.29, 1.82) is 0 Å². The number of fused-ring (bicyclic) bond motifs is 7. The van der Waals surface area contributed by atoms with Crippen LogP contribution in [0.5, 0.6) is 0 Å². The molecular weight excluding hydrogens is 1170 g/mol. The van der Waals surface area contributed by atoms with Gasteiger partial charge in [-0.3, -0.25) is 0 Å². The van der Waals surface area contributed by atoms with Crippen LogP contribution in [0.1, 0.15) is 121 Å². The highest BCUT2D eigenvalue weighted by Gasteiger charge is 2.44. The molecule has 2 nitrogen and oxygen atoms in total. The summed E-state index contributed by atoms with van der Waals surface area (Å²) in [5.74, 6) is 1.08. The van der Waals surface area contributed by atoms with Gasteiger partial charge in [0.1, 0.15) is 0 Å². The summed E-state index contributed by atoms with van der Waals surface area (Å²) in [6, 6.07) is 119. The fourth-order valence-corrected chi connectivity index (χ4v) is 16.4. The third-order valence-corrected chi connectivity index (χ3v) is 21.7. The zero-order valence-corrected chi connectivity index (χ0v) is 55.8. The van der Waals surface area contributed by atoms with Crippen molar-refractivity contribution >= 4 is 38.9 Å². The van der Waals surface area contributed by atoms with Gasteiger partial charge in [-0.25, -0.2) is 0 Å². The van der Waals surface area contributed by atoms with Crippen molar-refractivity contribution < 1.29 is 0 Å². The maximum atomic E-state index is 4.06. The number of unbranched alkanes of at least 4 members (excludes halogenated alkanes) is 2. The molecule has 2 aliphatic rings. The number of allylic oxidation sites excluding steroid dienone is 1. The second kappa shape index (κ2) is 26.8. The Morgan fingerprint density at radius 2 is 0.866 bits per heavy atom. The molecule has 14 aromatic rings. The second-order valence-corrected chi connectivity index (χ2v) is 27.3. The van der Waals surface area contributed by atoms with Gasteiger partial charge in [-0.1, -0.05) is 263 Å². The lowest BCUT2D eigenvalue weighted by Gasteiger charge is -2.33. The number of aryl methyl sites for hydroxylation is 2. The molecule has 4 atom stereocenters. The van der Waals surface area contributed by atoms with Gasteiger partial charge in [-0.2, -0.15) is 0 Å². The molecule has 472 valence electrons. The summed E-state index contributed by atoms with van der Waals surface area (Å²) < 4.78 is 2.43. The maximum absolute atomic E-state index is 4.06. The highest BCUT2D eigenvalue weighted by atomic mass is 15.1. The standard InChI is InChI=1S/C95H82N2/c1-4-6-7-22-59-95(82-23-12-8-13-24-82)91-32-21-20-31-87(91)88-56-51-80(65-92(88)95)73-39-37-69(38-40-73)67(5-2)61-81(75-43-41-70(42-44-75)76-47-45-71-46-48-77(71)62-76)60-66(3)68-33-35-72(36-34-68)78-52-57-93-89(63-78)90-64-79(53-58-94(90)97(93)85-29-18-11-19-30-85)74-49-54-86(55-50-74)96(83-25-14-9-15-26-83)84-27-16-10-17-28-84/h4,8-21,23-45,47,49-58,62-67,81H,1,5-7,22,46,48,59-61H2,2-3H3. The minimum absolute atomic E-state index is 0.216. The SMILES string of the molecule is C=CCCCCC1(c2ccccc2)c2ccccc2-c2ccc(-c3ccc(C(CC)CC(CC(C)c4ccc(-c5ccc6c(c5)c5cc(-c7ccc(N(c8ccccc8)c8ccccc8)cc7)ccc5n6-c5ccccc5)cc4)c4ccc(-c5ccc6c(c5)CC6)cc4)cc3)cc21. The second-order valence-electron chi connectivity index (χ2n) is 27.3. The van der Waals surface area contributed by atoms with Crippen molar-refractivity contribution in [2.24, 2.45) is 0 Å². The first-order valence-corrected chi connectivity index (χ1v) is 35.4. The van der Waals surface area contributed by atoms with Crippen LogP contribution in [0.2, 0.25) is 0 Å². The summed E-state index contributed by atoms with van der Waals surface area (Å²) in [7, 11) is 0. The van der Waals surface area contributed by atoms with Gasteiger partial charge in [0.15, 0.2) is 0 Å². The molecule has 0 saturated heterocycles. The van der Waals surface area contributed by atoms with E-state index in [2.05, 4.69) is 351 Å². The van der Waals surface area contributed by atoms with E-state index in [4.69, 9.17) is 0 Å². The van der Waals surface area contributed by atoms with Gasteiger partial charge in [0, 0.05) is 38.9 Å². The van der Waals surface area contributed by atoms with Gasteiger partial charge < -0.3 is 9.47 Å². The summed E-state index contributed by atoms with van der Waals surface area (Å²) in [6.45, 7) is 8.90. The molecule has 0 radical (unpaired) electrons. The zero-order chi connectivity index (χ0) is 65.2. The Bertz CT molecular complexity index is 5050. The number of aromatic nitrogens is 1. The van der Waals surface area contributed by atoms with E-state index in [0.717, 1.165) is 67.7 Å². The van der Waals surface area contributed by atoms with Crippen LogP contribution < -0.4 is 4.90 Å². The van der Waals surface area contributed by atoms with Gasteiger partial charge in [0.2, 0.25) is 0 Å². The first-order valence-electron chi connectivity index (χ1n) is 35.4. The molecule has 0 bridgehead atoms. The third-order valence-electron chi connectivity index (χ3n) is 21.7. The van der Waals surface area contributed by atoms with Crippen molar-refractivity contribution in [2.45, 2.75) is 94.8 Å². The fraction of sp³-hybridized carbons (Fsp3) is 0.158. The zero-order valence-electron chi connectivity index (χ0n) is 55.8. The van der Waals surface area contributed by atoms with Crippen molar-refractivity contribution in [3.63, 3.8) is 0 Å². The van der Waals surface area contributed by atoms with Crippen LogP contribution in [0.3, 0.4) is 0 Å². The Kier molecular flexibility index (Phi) is 16.9. The molecule has 1 aromatic heterocycles. The molecule has 97 heavy (non-hydrogen) atoms. The first-order chi connectivity index (χ1) is 47.9. The topological polar surface area (TPSA) is 8.17 Å². The predicted octanol–water partition coefficient (Wildman–Crippen LogP) is 25.9. The minimum Gasteiger partial charge on any atom is -0.311 e. The molecule has 0 amide bonds. The molecule has 0 aliphatic heterocycles. The Morgan fingerprint density at radius 3 is 1.43 bits per heavy atom. The van der Waals surface area contributed by atoms with Crippen LogP contribution in [-0.2, 0) is 18.3 Å². The molecule has 0 fully saturated rings. The van der Waals surface area contributed by atoms with Gasteiger partial charge in [-0.15, -0.1) is 6.58 Å².